The van der Waals surface area contributed by atoms with Crippen LogP contribution in [0.1, 0.15) is 16.1 Å². The Morgan fingerprint density at radius 2 is 2.39 bits per heavy atom. The van der Waals surface area contributed by atoms with Crippen LogP contribution in [0.15, 0.2) is 29.6 Å². The first-order chi connectivity index (χ1) is 11.2. The van der Waals surface area contributed by atoms with Crippen LogP contribution in [0.5, 0.6) is 5.75 Å². The maximum absolute atomic E-state index is 13.4. The van der Waals surface area contributed by atoms with Crippen molar-refractivity contribution in [3.8, 4) is 5.75 Å². The van der Waals surface area contributed by atoms with Crippen molar-refractivity contribution in [2.45, 2.75) is 18.2 Å². The average Bonchev–Trinajstić information content (AvgIpc) is 3.12. The molecule has 0 saturated heterocycles. The van der Waals surface area contributed by atoms with E-state index in [0.29, 0.717) is 12.3 Å². The second-order valence-electron chi connectivity index (χ2n) is 5.02. The SMILES string of the molecule is NCCOc1ccc(F)cc1C(=O)NCc1cn2c(n1)SCC2. The Kier molecular flexibility index (Phi) is 4.82. The van der Waals surface area contributed by atoms with Crippen molar-refractivity contribution in [1.29, 1.82) is 0 Å². The number of thioether (sulfide) groups is 1. The molecule has 0 radical (unpaired) electrons. The number of carbonyl (C=O) groups excluding carboxylic acids is 1. The van der Waals surface area contributed by atoms with Gasteiger partial charge >= 0.3 is 0 Å². The number of imidazole rings is 1. The molecule has 2 heterocycles. The Morgan fingerprint density at radius 3 is 3.17 bits per heavy atom. The van der Waals surface area contributed by atoms with E-state index in [1.54, 1.807) is 11.8 Å². The number of nitrogens with two attached hydrogens (primary N) is 1. The van der Waals surface area contributed by atoms with Gasteiger partial charge in [0.2, 0.25) is 0 Å². The highest BCUT2D eigenvalue weighted by atomic mass is 32.2. The van der Waals surface area contributed by atoms with E-state index < -0.39 is 11.7 Å². The zero-order valence-corrected chi connectivity index (χ0v) is 13.2. The Morgan fingerprint density at radius 1 is 1.52 bits per heavy atom. The van der Waals surface area contributed by atoms with Crippen LogP contribution in [0.2, 0.25) is 0 Å². The van der Waals surface area contributed by atoms with E-state index in [9.17, 15) is 9.18 Å². The number of aryl methyl sites for hydroxylation is 1. The van der Waals surface area contributed by atoms with E-state index in [1.165, 1.54) is 12.1 Å². The van der Waals surface area contributed by atoms with Crippen molar-refractivity contribution >= 4 is 17.7 Å². The van der Waals surface area contributed by atoms with E-state index in [0.717, 1.165) is 29.2 Å². The van der Waals surface area contributed by atoms with Gasteiger partial charge in [-0.05, 0) is 18.2 Å². The topological polar surface area (TPSA) is 82.2 Å². The van der Waals surface area contributed by atoms with Gasteiger partial charge in [-0.3, -0.25) is 4.79 Å². The van der Waals surface area contributed by atoms with Gasteiger partial charge in [0.15, 0.2) is 5.16 Å². The van der Waals surface area contributed by atoms with Crippen molar-refractivity contribution in [3.05, 3.63) is 41.5 Å². The lowest BCUT2D eigenvalue weighted by molar-refractivity contribution is 0.0946. The number of aromatic nitrogens is 2. The van der Waals surface area contributed by atoms with Crippen LogP contribution in [-0.4, -0.2) is 34.4 Å². The fourth-order valence-electron chi connectivity index (χ4n) is 2.29. The molecule has 0 atom stereocenters. The van der Waals surface area contributed by atoms with Crippen LogP contribution in [0.25, 0.3) is 0 Å². The number of amides is 1. The van der Waals surface area contributed by atoms with Crippen molar-refractivity contribution in [1.82, 2.24) is 14.9 Å². The van der Waals surface area contributed by atoms with E-state index >= 15 is 0 Å². The Balaban J connectivity index is 1.68. The number of fused-ring (bicyclic) bond motifs is 1. The summed E-state index contributed by atoms with van der Waals surface area (Å²) in [5, 5.41) is 3.71. The lowest BCUT2D eigenvalue weighted by Crippen LogP contribution is -2.24. The fourth-order valence-corrected chi connectivity index (χ4v) is 3.25. The molecule has 0 saturated carbocycles. The van der Waals surface area contributed by atoms with Crippen LogP contribution in [-0.2, 0) is 13.1 Å². The summed E-state index contributed by atoms with van der Waals surface area (Å²) in [6, 6.07) is 3.84. The van der Waals surface area contributed by atoms with E-state index in [2.05, 4.69) is 14.9 Å². The maximum atomic E-state index is 13.4. The molecule has 122 valence electrons. The summed E-state index contributed by atoms with van der Waals surface area (Å²) in [6.07, 6.45) is 1.92. The highest BCUT2D eigenvalue weighted by Crippen LogP contribution is 2.24. The summed E-state index contributed by atoms with van der Waals surface area (Å²) >= 11 is 1.69. The zero-order chi connectivity index (χ0) is 16.2. The molecule has 3 rings (SSSR count). The van der Waals surface area contributed by atoms with Crippen LogP contribution in [0.4, 0.5) is 4.39 Å². The Hall–Kier alpha value is -2.06. The molecule has 1 aromatic heterocycles. The van der Waals surface area contributed by atoms with Gasteiger partial charge in [-0.2, -0.15) is 0 Å². The fraction of sp³-hybridized carbons (Fsp3) is 0.333. The van der Waals surface area contributed by atoms with Crippen LogP contribution >= 0.6 is 11.8 Å². The lowest BCUT2D eigenvalue weighted by atomic mass is 10.2. The minimum absolute atomic E-state index is 0.152. The number of hydrogen-bond donors (Lipinski definition) is 2. The monoisotopic (exact) mass is 336 g/mol. The van der Waals surface area contributed by atoms with Crippen LogP contribution in [0, 0.1) is 5.82 Å². The molecule has 3 N–H and O–H groups in total. The Labute approximate surface area is 137 Å². The van der Waals surface area contributed by atoms with Gasteiger partial charge < -0.3 is 20.4 Å². The number of halogens is 1. The summed E-state index contributed by atoms with van der Waals surface area (Å²) in [7, 11) is 0. The standard InChI is InChI=1S/C15H17FN4O2S/c16-10-1-2-13(22-5-3-17)12(7-10)14(21)18-8-11-9-20-4-6-23-15(20)19-11/h1-2,7,9H,3-6,8,17H2,(H,18,21). The molecule has 23 heavy (non-hydrogen) atoms. The molecule has 1 aliphatic heterocycles. The van der Waals surface area contributed by atoms with Gasteiger partial charge in [-0.15, -0.1) is 0 Å². The molecule has 6 nitrogen and oxygen atoms in total. The van der Waals surface area contributed by atoms with Crippen molar-refractivity contribution in [3.63, 3.8) is 0 Å². The van der Waals surface area contributed by atoms with Crippen molar-refractivity contribution < 1.29 is 13.9 Å². The van der Waals surface area contributed by atoms with Crippen molar-refractivity contribution in [2.24, 2.45) is 5.73 Å². The molecule has 0 bridgehead atoms. The van der Waals surface area contributed by atoms with Crippen LogP contribution < -0.4 is 15.8 Å². The number of nitrogens with one attached hydrogen (secondary N) is 1. The van der Waals surface area contributed by atoms with E-state index in [4.69, 9.17) is 10.5 Å². The molecule has 0 unspecified atom stereocenters. The predicted octanol–water partition coefficient (Wildman–Crippen LogP) is 1.40. The first-order valence-electron chi connectivity index (χ1n) is 7.27. The summed E-state index contributed by atoms with van der Waals surface area (Å²) in [5.74, 6) is 0.447. The number of hydrogen-bond acceptors (Lipinski definition) is 5. The third-order valence-corrected chi connectivity index (χ3v) is 4.32. The third kappa shape index (κ3) is 3.65. The van der Waals surface area contributed by atoms with Gasteiger partial charge in [0.05, 0.1) is 17.8 Å². The molecule has 8 heteroatoms. The summed E-state index contributed by atoms with van der Waals surface area (Å²) in [6.45, 7) is 1.79. The van der Waals surface area contributed by atoms with Gasteiger partial charge in [0, 0.05) is 25.0 Å². The second kappa shape index (κ2) is 7.01. The molecule has 0 fully saturated rings. The van der Waals surface area contributed by atoms with E-state index in [1.807, 2.05) is 6.20 Å². The number of carbonyl (C=O) groups is 1. The summed E-state index contributed by atoms with van der Waals surface area (Å²) < 4.78 is 20.9. The molecule has 2 aromatic rings. The number of ether oxygens (including phenoxy) is 1. The van der Waals surface area contributed by atoms with E-state index in [-0.39, 0.29) is 18.7 Å². The quantitative estimate of drug-likeness (QED) is 0.833. The lowest BCUT2D eigenvalue weighted by Gasteiger charge is -2.11. The average molecular weight is 336 g/mol. The smallest absolute Gasteiger partial charge is 0.255 e. The molecule has 0 aliphatic carbocycles. The maximum Gasteiger partial charge on any atom is 0.255 e. The molecule has 1 aliphatic rings. The van der Waals surface area contributed by atoms with Gasteiger partial charge in [0.25, 0.3) is 5.91 Å². The minimum Gasteiger partial charge on any atom is -0.491 e. The second-order valence-corrected chi connectivity index (χ2v) is 6.08. The molecule has 0 spiro atoms. The third-order valence-electron chi connectivity index (χ3n) is 3.34. The largest absolute Gasteiger partial charge is 0.491 e. The zero-order valence-electron chi connectivity index (χ0n) is 12.4. The first-order valence-corrected chi connectivity index (χ1v) is 8.25. The minimum atomic E-state index is -0.493. The number of nitrogens with zero attached hydrogens (tertiary/aromatic N) is 2. The highest BCUT2D eigenvalue weighted by Gasteiger charge is 2.17. The molecular formula is C15H17FN4O2S. The molecule has 1 aromatic carbocycles. The van der Waals surface area contributed by atoms with Crippen molar-refractivity contribution in [2.75, 3.05) is 18.9 Å². The number of rotatable bonds is 6. The summed E-state index contributed by atoms with van der Waals surface area (Å²) in [4.78, 5) is 16.7. The highest BCUT2D eigenvalue weighted by molar-refractivity contribution is 7.99. The molecule has 1 amide bonds. The number of benzene rings is 1. The van der Waals surface area contributed by atoms with Gasteiger partial charge in [0.1, 0.15) is 18.2 Å². The molecular weight excluding hydrogens is 319 g/mol. The summed E-state index contributed by atoms with van der Waals surface area (Å²) in [5.41, 5.74) is 6.32. The predicted molar refractivity (Wildman–Crippen MR) is 85.1 cm³/mol. The normalized spacial score (nSPS) is 13.0. The van der Waals surface area contributed by atoms with Crippen LogP contribution in [0.3, 0.4) is 0 Å². The first kappa shape index (κ1) is 15.8. The van der Waals surface area contributed by atoms with Gasteiger partial charge in [-0.1, -0.05) is 11.8 Å². The van der Waals surface area contributed by atoms with Gasteiger partial charge in [-0.25, -0.2) is 9.37 Å². The Bertz CT molecular complexity index is 698.